The van der Waals surface area contributed by atoms with Gasteiger partial charge in [-0.25, -0.2) is 0 Å². The predicted molar refractivity (Wildman–Crippen MR) is 91.8 cm³/mol. The van der Waals surface area contributed by atoms with Gasteiger partial charge in [0.1, 0.15) is 11.1 Å². The van der Waals surface area contributed by atoms with Crippen LogP contribution in [0.15, 0.2) is 16.2 Å². The van der Waals surface area contributed by atoms with Gasteiger partial charge in [0.2, 0.25) is 0 Å². The Hall–Kier alpha value is -0.900. The Kier molecular flexibility index (Phi) is 9.51. The van der Waals surface area contributed by atoms with E-state index in [1.807, 2.05) is 5.01 Å². The lowest BCUT2D eigenvalue weighted by Crippen LogP contribution is -2.48. The Balaban J connectivity index is 0.000000433. The van der Waals surface area contributed by atoms with Gasteiger partial charge in [0.05, 0.1) is 5.03 Å². The molecular formula is C12H25N5O2S2. The lowest BCUT2D eigenvalue weighted by molar-refractivity contribution is -0.139. The maximum atomic E-state index is 10.0. The molecule has 0 aromatic carbocycles. The predicted octanol–water partition coefficient (Wildman–Crippen LogP) is 1.13. The number of aliphatic carboxylic acids is 1. The largest absolute Gasteiger partial charge is 0.480 e. The van der Waals surface area contributed by atoms with Crippen molar-refractivity contribution in [2.45, 2.75) is 33.7 Å². The highest BCUT2D eigenvalue weighted by Crippen LogP contribution is 2.09. The van der Waals surface area contributed by atoms with Crippen LogP contribution in [-0.4, -0.2) is 45.5 Å². The van der Waals surface area contributed by atoms with E-state index in [0.717, 1.165) is 18.1 Å². The fourth-order valence-corrected chi connectivity index (χ4v) is 1.85. The van der Waals surface area contributed by atoms with Gasteiger partial charge < -0.3 is 10.8 Å². The molecule has 122 valence electrons. The van der Waals surface area contributed by atoms with Gasteiger partial charge in [0.15, 0.2) is 0 Å². The lowest BCUT2D eigenvalue weighted by Gasteiger charge is -2.32. The maximum absolute atomic E-state index is 10.0. The molecule has 0 saturated heterocycles. The van der Waals surface area contributed by atoms with E-state index >= 15 is 0 Å². The number of nitrogens with zero attached hydrogens (tertiary/aromatic N) is 3. The molecule has 1 aliphatic rings. The van der Waals surface area contributed by atoms with Crippen LogP contribution in [-0.2, 0) is 4.79 Å². The zero-order chi connectivity index (χ0) is 16.6. The standard InChI is InChI=1S/C7H14N4S2.C5H11NO2/c1-3-10(4-2)11-8-6(12)5-7(13)9-11;1-3(2)4(6)5(7)8/h5,8,12H,3-4H2,1-2H3,(H,9,13);3-4H,6H2,1-2H3,(H,7,8)/t;4-/m.0/s1. The van der Waals surface area contributed by atoms with Gasteiger partial charge in [0.25, 0.3) is 0 Å². The second-order valence-corrected chi connectivity index (χ2v) is 5.58. The first kappa shape index (κ1) is 20.1. The SMILES string of the molecule is CC(C)[C@H](N)C(=O)O.CCN(CC)N1N=C(S)C=C(S)N1. The van der Waals surface area contributed by atoms with E-state index < -0.39 is 12.0 Å². The monoisotopic (exact) mass is 335 g/mol. The summed E-state index contributed by atoms with van der Waals surface area (Å²) < 4.78 is 0. The number of hydrogen-bond donors (Lipinski definition) is 5. The third kappa shape index (κ3) is 7.60. The van der Waals surface area contributed by atoms with E-state index in [1.54, 1.807) is 25.2 Å². The number of nitrogens with two attached hydrogens (primary N) is 1. The molecule has 0 unspecified atom stereocenters. The number of hydrogen-bond acceptors (Lipinski definition) is 7. The highest BCUT2D eigenvalue weighted by Gasteiger charge is 2.14. The molecule has 0 amide bonds. The summed E-state index contributed by atoms with van der Waals surface area (Å²) in [4.78, 5) is 10.0. The van der Waals surface area contributed by atoms with Crippen molar-refractivity contribution in [1.82, 2.24) is 15.7 Å². The highest BCUT2D eigenvalue weighted by atomic mass is 32.1. The molecule has 0 aromatic rings. The summed E-state index contributed by atoms with van der Waals surface area (Å²) in [5.74, 6) is -0.910. The van der Waals surface area contributed by atoms with Crippen molar-refractivity contribution in [2.75, 3.05) is 13.1 Å². The first-order valence-electron chi connectivity index (χ1n) is 6.71. The van der Waals surface area contributed by atoms with E-state index in [-0.39, 0.29) is 5.92 Å². The van der Waals surface area contributed by atoms with Gasteiger partial charge in [-0.05, 0) is 5.92 Å². The van der Waals surface area contributed by atoms with Crippen LogP contribution < -0.4 is 11.2 Å². The second-order valence-electron chi connectivity index (χ2n) is 4.64. The molecule has 0 aromatic heterocycles. The molecule has 1 aliphatic heterocycles. The van der Waals surface area contributed by atoms with Crippen molar-refractivity contribution in [2.24, 2.45) is 16.8 Å². The van der Waals surface area contributed by atoms with Gasteiger partial charge in [-0.1, -0.05) is 27.7 Å². The Morgan fingerprint density at radius 2 is 2.00 bits per heavy atom. The van der Waals surface area contributed by atoms with E-state index in [0.29, 0.717) is 5.04 Å². The quantitative estimate of drug-likeness (QED) is 0.484. The molecule has 1 atom stereocenters. The number of hydrazine groups is 2. The van der Waals surface area contributed by atoms with Gasteiger partial charge in [0, 0.05) is 19.2 Å². The van der Waals surface area contributed by atoms with Crippen molar-refractivity contribution >= 4 is 36.3 Å². The number of rotatable bonds is 5. The Bertz CT molecular complexity index is 397. The van der Waals surface area contributed by atoms with Gasteiger partial charge in [-0.2, -0.15) is 5.01 Å². The van der Waals surface area contributed by atoms with Gasteiger partial charge in [-0.15, -0.1) is 35.6 Å². The molecule has 0 fully saturated rings. The Labute approximate surface area is 137 Å². The first-order valence-corrected chi connectivity index (χ1v) is 7.60. The fourth-order valence-electron chi connectivity index (χ4n) is 1.32. The zero-order valence-corrected chi connectivity index (χ0v) is 14.6. The molecule has 0 spiro atoms. The molecule has 1 rings (SSSR count). The minimum absolute atomic E-state index is 0.0208. The zero-order valence-electron chi connectivity index (χ0n) is 12.8. The normalized spacial score (nSPS) is 15.8. The molecule has 7 nitrogen and oxygen atoms in total. The van der Waals surface area contributed by atoms with Crippen molar-refractivity contribution in [3.63, 3.8) is 0 Å². The van der Waals surface area contributed by atoms with Crippen molar-refractivity contribution in [3.05, 3.63) is 11.1 Å². The summed E-state index contributed by atoms with van der Waals surface area (Å²) in [5.41, 5.74) is 8.16. The molecule has 21 heavy (non-hydrogen) atoms. The molecule has 9 heteroatoms. The summed E-state index contributed by atoms with van der Waals surface area (Å²) in [6, 6.07) is -0.713. The minimum Gasteiger partial charge on any atom is -0.480 e. The number of carboxylic acids is 1. The highest BCUT2D eigenvalue weighted by molar-refractivity contribution is 7.97. The van der Waals surface area contributed by atoms with Crippen LogP contribution in [0.25, 0.3) is 0 Å². The number of carbonyl (C=O) groups is 1. The van der Waals surface area contributed by atoms with Crippen molar-refractivity contribution in [1.29, 1.82) is 0 Å². The molecular weight excluding hydrogens is 310 g/mol. The lowest BCUT2D eigenvalue weighted by atomic mass is 10.1. The summed E-state index contributed by atoms with van der Waals surface area (Å²) in [5, 5.41) is 17.5. The van der Waals surface area contributed by atoms with E-state index in [4.69, 9.17) is 10.8 Å². The molecule has 0 aliphatic carbocycles. The molecule has 0 radical (unpaired) electrons. The molecule has 0 saturated carbocycles. The summed E-state index contributed by atoms with van der Waals surface area (Å²) in [6.45, 7) is 9.45. The number of hydrazone groups is 1. The topological polar surface area (TPSA) is 94.2 Å². The minimum atomic E-state index is -0.931. The van der Waals surface area contributed by atoms with Crippen LogP contribution in [0.5, 0.6) is 0 Å². The van der Waals surface area contributed by atoms with Crippen LogP contribution in [0.2, 0.25) is 0 Å². The molecule has 1 heterocycles. The van der Waals surface area contributed by atoms with Crippen LogP contribution in [0.3, 0.4) is 0 Å². The van der Waals surface area contributed by atoms with E-state index in [1.165, 1.54) is 0 Å². The van der Waals surface area contributed by atoms with Gasteiger partial charge in [-0.3, -0.25) is 10.2 Å². The van der Waals surface area contributed by atoms with Crippen LogP contribution in [0.4, 0.5) is 0 Å². The fraction of sp³-hybridized carbons (Fsp3) is 0.667. The van der Waals surface area contributed by atoms with E-state index in [2.05, 4.69) is 49.6 Å². The summed E-state index contributed by atoms with van der Waals surface area (Å²) in [6.07, 6.45) is 1.76. The summed E-state index contributed by atoms with van der Waals surface area (Å²) in [7, 11) is 0. The molecule has 0 bridgehead atoms. The van der Waals surface area contributed by atoms with Crippen molar-refractivity contribution in [3.8, 4) is 0 Å². The first-order chi connectivity index (χ1) is 9.72. The number of carboxylic acid groups (broad SMARTS) is 1. The third-order valence-electron chi connectivity index (χ3n) is 2.68. The Morgan fingerprint density at radius 3 is 2.29 bits per heavy atom. The third-order valence-corrected chi connectivity index (χ3v) is 3.13. The Morgan fingerprint density at radius 1 is 1.48 bits per heavy atom. The average molecular weight is 335 g/mol. The van der Waals surface area contributed by atoms with Crippen molar-refractivity contribution < 1.29 is 9.90 Å². The van der Waals surface area contributed by atoms with Crippen LogP contribution in [0.1, 0.15) is 27.7 Å². The number of thiol groups is 2. The van der Waals surface area contributed by atoms with Gasteiger partial charge >= 0.3 is 5.97 Å². The van der Waals surface area contributed by atoms with E-state index in [9.17, 15) is 4.79 Å². The smallest absolute Gasteiger partial charge is 0.320 e. The van der Waals surface area contributed by atoms with Crippen LogP contribution >= 0.6 is 25.3 Å². The maximum Gasteiger partial charge on any atom is 0.320 e. The second kappa shape index (κ2) is 9.93. The average Bonchev–Trinajstić information content (AvgIpc) is 2.38. The van der Waals surface area contributed by atoms with Crippen LogP contribution in [0, 0.1) is 5.92 Å². The number of nitrogens with one attached hydrogen (secondary N) is 1. The summed E-state index contributed by atoms with van der Waals surface area (Å²) >= 11 is 8.37. The molecule has 4 N–H and O–H groups in total.